The quantitative estimate of drug-likeness (QED) is 0.429. The molecule has 9 heteroatoms. The highest BCUT2D eigenvalue weighted by Crippen LogP contribution is 2.37. The van der Waals surface area contributed by atoms with Gasteiger partial charge in [-0.2, -0.15) is 0 Å². The summed E-state index contributed by atoms with van der Waals surface area (Å²) in [6, 6.07) is 3.53. The molecular formula is C19H16Br2N2O4S. The molecule has 146 valence electrons. The lowest BCUT2D eigenvalue weighted by Crippen LogP contribution is -2.40. The van der Waals surface area contributed by atoms with Crippen molar-refractivity contribution in [3.8, 4) is 18.1 Å². The predicted molar refractivity (Wildman–Crippen MR) is 115 cm³/mol. The second kappa shape index (κ2) is 9.16. The van der Waals surface area contributed by atoms with Crippen molar-refractivity contribution in [3.63, 3.8) is 0 Å². The van der Waals surface area contributed by atoms with E-state index < -0.39 is 11.1 Å². The van der Waals surface area contributed by atoms with Crippen LogP contribution in [0.15, 0.2) is 26.0 Å². The molecule has 0 unspecified atom stereocenters. The highest BCUT2D eigenvalue weighted by Gasteiger charge is 2.37. The largest absolute Gasteiger partial charge is 0.479 e. The molecule has 0 atom stereocenters. The summed E-state index contributed by atoms with van der Waals surface area (Å²) in [4.78, 5) is 40.1. The van der Waals surface area contributed by atoms with E-state index in [4.69, 9.17) is 11.2 Å². The van der Waals surface area contributed by atoms with Crippen LogP contribution >= 0.6 is 43.6 Å². The zero-order valence-corrected chi connectivity index (χ0v) is 18.7. The Kier molecular flexibility index (Phi) is 6.86. The standard InChI is InChI=1S/C19H16Br2N2O4S/c1-2-7-27-17-13(20)8-12(9-14(17)21)10-15-18(25)23(19(26)28-15)11-16(24)22-5-3-4-6-22/h1,8-10H,3-7,11H2/b15-10+. The number of hydrogen-bond acceptors (Lipinski definition) is 5. The fraction of sp³-hybridized carbons (Fsp3) is 0.316. The summed E-state index contributed by atoms with van der Waals surface area (Å²) in [6.45, 7) is 1.27. The van der Waals surface area contributed by atoms with Gasteiger partial charge in [0.05, 0.1) is 13.9 Å². The zero-order valence-electron chi connectivity index (χ0n) is 14.7. The number of ether oxygens (including phenoxy) is 1. The summed E-state index contributed by atoms with van der Waals surface area (Å²) in [5.74, 6) is 2.30. The van der Waals surface area contributed by atoms with Crippen molar-refractivity contribution >= 4 is 66.8 Å². The highest BCUT2D eigenvalue weighted by atomic mass is 79.9. The summed E-state index contributed by atoms with van der Waals surface area (Å²) >= 11 is 7.66. The Morgan fingerprint density at radius 1 is 1.25 bits per heavy atom. The minimum absolute atomic E-state index is 0.125. The number of benzene rings is 1. The van der Waals surface area contributed by atoms with Crippen molar-refractivity contribution in [2.24, 2.45) is 0 Å². The molecular weight excluding hydrogens is 512 g/mol. The van der Waals surface area contributed by atoms with Gasteiger partial charge in [-0.05, 0) is 80.2 Å². The SMILES string of the molecule is C#CCOc1c(Br)cc(/C=C2/SC(=O)N(CC(=O)N3CCCC3)C2=O)cc1Br. The molecule has 2 heterocycles. The molecule has 1 aromatic rings. The molecule has 0 aromatic heterocycles. The maximum absolute atomic E-state index is 12.6. The van der Waals surface area contributed by atoms with Crippen LogP contribution in [0.2, 0.25) is 0 Å². The normalized spacial score (nSPS) is 18.1. The van der Waals surface area contributed by atoms with E-state index >= 15 is 0 Å². The Morgan fingerprint density at radius 2 is 1.89 bits per heavy atom. The van der Waals surface area contributed by atoms with Crippen LogP contribution in [0.3, 0.4) is 0 Å². The molecule has 0 bridgehead atoms. The number of terminal acetylenes is 1. The maximum Gasteiger partial charge on any atom is 0.294 e. The van der Waals surface area contributed by atoms with Crippen molar-refractivity contribution in [3.05, 3.63) is 31.5 Å². The molecule has 0 saturated carbocycles. The van der Waals surface area contributed by atoms with Crippen LogP contribution < -0.4 is 4.74 Å². The van der Waals surface area contributed by atoms with Gasteiger partial charge in [0.15, 0.2) is 0 Å². The molecule has 0 aliphatic carbocycles. The number of rotatable bonds is 5. The van der Waals surface area contributed by atoms with Gasteiger partial charge in [-0.25, -0.2) is 0 Å². The van der Waals surface area contributed by atoms with Gasteiger partial charge in [0, 0.05) is 13.1 Å². The van der Waals surface area contributed by atoms with E-state index in [1.807, 2.05) is 0 Å². The van der Waals surface area contributed by atoms with E-state index in [0.29, 0.717) is 33.3 Å². The Labute approximate surface area is 183 Å². The van der Waals surface area contributed by atoms with Crippen LogP contribution in [0.4, 0.5) is 4.79 Å². The number of carbonyl (C=O) groups excluding carboxylic acids is 3. The monoisotopic (exact) mass is 526 g/mol. The van der Waals surface area contributed by atoms with Crippen LogP contribution in [-0.4, -0.2) is 53.1 Å². The fourth-order valence-electron chi connectivity index (χ4n) is 2.90. The van der Waals surface area contributed by atoms with Gasteiger partial charge in [0.1, 0.15) is 18.9 Å². The molecule has 3 rings (SSSR count). The predicted octanol–water partition coefficient (Wildman–Crippen LogP) is 3.88. The Bertz CT molecular complexity index is 881. The second-order valence-corrected chi connectivity index (χ2v) is 8.86. The third-order valence-electron chi connectivity index (χ3n) is 4.24. The number of halogens is 2. The first-order valence-corrected chi connectivity index (χ1v) is 10.9. The maximum atomic E-state index is 12.6. The van der Waals surface area contributed by atoms with Gasteiger partial charge in [-0.15, -0.1) is 6.42 Å². The number of amides is 3. The average Bonchev–Trinajstić information content (AvgIpc) is 3.26. The number of carbonyl (C=O) groups is 3. The van der Waals surface area contributed by atoms with Crippen LogP contribution in [0.25, 0.3) is 6.08 Å². The molecule has 3 amide bonds. The molecule has 28 heavy (non-hydrogen) atoms. The molecule has 0 radical (unpaired) electrons. The molecule has 2 fully saturated rings. The number of imide groups is 1. The number of nitrogens with zero attached hydrogens (tertiary/aromatic N) is 2. The Hall–Kier alpha value is -1.76. The van der Waals surface area contributed by atoms with Crippen molar-refractivity contribution in [1.82, 2.24) is 9.80 Å². The molecule has 0 N–H and O–H groups in total. The smallest absolute Gasteiger partial charge is 0.294 e. The first-order valence-electron chi connectivity index (χ1n) is 8.49. The highest BCUT2D eigenvalue weighted by molar-refractivity contribution is 9.11. The minimum atomic E-state index is -0.456. The lowest BCUT2D eigenvalue weighted by molar-refractivity contribution is -0.135. The van der Waals surface area contributed by atoms with Crippen molar-refractivity contribution in [2.75, 3.05) is 26.2 Å². The molecule has 6 nitrogen and oxygen atoms in total. The van der Waals surface area contributed by atoms with Crippen LogP contribution in [0, 0.1) is 12.3 Å². The van der Waals surface area contributed by atoms with E-state index in [1.54, 1.807) is 23.1 Å². The summed E-state index contributed by atoms with van der Waals surface area (Å²) in [5.41, 5.74) is 0.697. The summed E-state index contributed by atoms with van der Waals surface area (Å²) < 4.78 is 6.78. The lowest BCUT2D eigenvalue weighted by atomic mass is 10.2. The van der Waals surface area contributed by atoms with E-state index in [-0.39, 0.29) is 24.0 Å². The third-order valence-corrected chi connectivity index (χ3v) is 6.33. The van der Waals surface area contributed by atoms with Crippen molar-refractivity contribution in [1.29, 1.82) is 0 Å². The van der Waals surface area contributed by atoms with Crippen LogP contribution in [-0.2, 0) is 9.59 Å². The number of hydrogen-bond donors (Lipinski definition) is 0. The summed E-state index contributed by atoms with van der Waals surface area (Å²) in [6.07, 6.45) is 8.74. The molecule has 1 aromatic carbocycles. The zero-order chi connectivity index (χ0) is 20.3. The Balaban J connectivity index is 1.76. The lowest BCUT2D eigenvalue weighted by Gasteiger charge is -2.18. The van der Waals surface area contributed by atoms with Crippen molar-refractivity contribution in [2.45, 2.75) is 12.8 Å². The van der Waals surface area contributed by atoms with E-state index in [1.165, 1.54) is 0 Å². The van der Waals surface area contributed by atoms with E-state index in [2.05, 4.69) is 37.8 Å². The number of thioether (sulfide) groups is 1. The van der Waals surface area contributed by atoms with Crippen LogP contribution in [0.5, 0.6) is 5.75 Å². The number of likely N-dealkylation sites (tertiary alicyclic amines) is 1. The van der Waals surface area contributed by atoms with Gasteiger partial charge in [-0.1, -0.05) is 5.92 Å². The first kappa shape index (κ1) is 21.0. The van der Waals surface area contributed by atoms with E-state index in [0.717, 1.165) is 29.5 Å². The van der Waals surface area contributed by atoms with Gasteiger partial charge < -0.3 is 9.64 Å². The van der Waals surface area contributed by atoms with Gasteiger partial charge in [0.25, 0.3) is 11.1 Å². The van der Waals surface area contributed by atoms with Gasteiger partial charge in [0.2, 0.25) is 5.91 Å². The average molecular weight is 528 g/mol. The van der Waals surface area contributed by atoms with E-state index in [9.17, 15) is 14.4 Å². The summed E-state index contributed by atoms with van der Waals surface area (Å²) in [5, 5.41) is -0.434. The molecule has 2 saturated heterocycles. The summed E-state index contributed by atoms with van der Waals surface area (Å²) in [7, 11) is 0. The fourth-order valence-corrected chi connectivity index (χ4v) is 5.19. The van der Waals surface area contributed by atoms with Gasteiger partial charge >= 0.3 is 0 Å². The molecule has 0 spiro atoms. The van der Waals surface area contributed by atoms with Crippen LogP contribution in [0.1, 0.15) is 18.4 Å². The molecule has 2 aliphatic rings. The topological polar surface area (TPSA) is 66.9 Å². The second-order valence-electron chi connectivity index (χ2n) is 6.16. The Morgan fingerprint density at radius 3 is 2.50 bits per heavy atom. The third kappa shape index (κ3) is 4.62. The minimum Gasteiger partial charge on any atom is -0.479 e. The van der Waals surface area contributed by atoms with Crippen molar-refractivity contribution < 1.29 is 19.1 Å². The van der Waals surface area contributed by atoms with Gasteiger partial charge in [-0.3, -0.25) is 19.3 Å². The molecule has 2 aliphatic heterocycles. The first-order chi connectivity index (χ1) is 13.4.